The summed E-state index contributed by atoms with van der Waals surface area (Å²) in [6, 6.07) is 7.81. The van der Waals surface area contributed by atoms with Crippen LogP contribution in [0.3, 0.4) is 0 Å². The van der Waals surface area contributed by atoms with E-state index in [4.69, 9.17) is 9.47 Å². The average Bonchev–Trinajstić information content (AvgIpc) is 3.22. The zero-order valence-electron chi connectivity index (χ0n) is 17.7. The molecule has 3 rings (SSSR count). The zero-order valence-corrected chi connectivity index (χ0v) is 18.5. The van der Waals surface area contributed by atoms with Crippen molar-refractivity contribution in [3.05, 3.63) is 35.7 Å². The standard InChI is InChI=1S/C21H28N4O4S/c1-4-29-20(27)16-8-6-10-25(13-16)19(26)14-24(2)21-22-18(23-30-21)12-15-7-5-9-17(11-15)28-3/h5,7,9,11,16H,4,6,8,10,12-14H2,1-3H3. The quantitative estimate of drug-likeness (QED) is 0.592. The summed E-state index contributed by atoms with van der Waals surface area (Å²) in [5, 5.41) is 0.695. The maximum atomic E-state index is 12.8. The lowest BCUT2D eigenvalue weighted by molar-refractivity contribution is -0.151. The zero-order chi connectivity index (χ0) is 21.5. The van der Waals surface area contributed by atoms with Gasteiger partial charge < -0.3 is 19.3 Å². The van der Waals surface area contributed by atoms with Gasteiger partial charge in [-0.15, -0.1) is 0 Å². The first kappa shape index (κ1) is 22.0. The smallest absolute Gasteiger partial charge is 0.310 e. The van der Waals surface area contributed by atoms with Gasteiger partial charge in [-0.3, -0.25) is 9.59 Å². The van der Waals surface area contributed by atoms with Crippen molar-refractivity contribution in [1.29, 1.82) is 0 Å². The highest BCUT2D eigenvalue weighted by Crippen LogP contribution is 2.21. The number of benzene rings is 1. The molecule has 0 aliphatic carbocycles. The first-order valence-electron chi connectivity index (χ1n) is 10.1. The summed E-state index contributed by atoms with van der Waals surface area (Å²) in [5.74, 6) is 1.05. The van der Waals surface area contributed by atoms with E-state index in [-0.39, 0.29) is 24.3 Å². The fourth-order valence-corrected chi connectivity index (χ4v) is 4.11. The van der Waals surface area contributed by atoms with Crippen LogP contribution in [0.2, 0.25) is 0 Å². The van der Waals surface area contributed by atoms with Crippen molar-refractivity contribution in [3.8, 4) is 5.75 Å². The molecular weight excluding hydrogens is 404 g/mol. The molecular formula is C21H28N4O4S. The second-order valence-electron chi connectivity index (χ2n) is 7.31. The van der Waals surface area contributed by atoms with Gasteiger partial charge in [0, 0.05) is 38.1 Å². The van der Waals surface area contributed by atoms with Gasteiger partial charge in [-0.2, -0.15) is 4.37 Å². The van der Waals surface area contributed by atoms with Crippen molar-refractivity contribution >= 4 is 28.5 Å². The number of piperidine rings is 1. The Labute approximate surface area is 181 Å². The van der Waals surface area contributed by atoms with Crippen molar-refractivity contribution in [2.75, 3.05) is 45.3 Å². The number of nitrogens with zero attached hydrogens (tertiary/aromatic N) is 4. The monoisotopic (exact) mass is 432 g/mol. The number of rotatable bonds is 8. The Morgan fingerprint density at radius 1 is 1.37 bits per heavy atom. The molecule has 1 aliphatic heterocycles. The van der Waals surface area contributed by atoms with Gasteiger partial charge in [-0.05, 0) is 37.5 Å². The first-order valence-corrected chi connectivity index (χ1v) is 10.9. The summed E-state index contributed by atoms with van der Waals surface area (Å²) in [6.07, 6.45) is 2.17. The van der Waals surface area contributed by atoms with Crippen molar-refractivity contribution in [1.82, 2.24) is 14.3 Å². The number of amides is 1. The molecule has 2 heterocycles. The maximum absolute atomic E-state index is 12.8. The number of methoxy groups -OCH3 is 1. The van der Waals surface area contributed by atoms with E-state index >= 15 is 0 Å². The highest BCUT2D eigenvalue weighted by atomic mass is 32.1. The van der Waals surface area contributed by atoms with E-state index in [9.17, 15) is 9.59 Å². The minimum atomic E-state index is -0.232. The van der Waals surface area contributed by atoms with Crippen LogP contribution in [-0.2, 0) is 20.7 Å². The second-order valence-corrected chi connectivity index (χ2v) is 8.04. The lowest BCUT2D eigenvalue weighted by Gasteiger charge is -2.32. The molecule has 0 saturated carbocycles. The van der Waals surface area contributed by atoms with Crippen LogP contribution < -0.4 is 9.64 Å². The number of hydrogen-bond donors (Lipinski definition) is 0. The Kier molecular flexibility index (Phi) is 7.62. The van der Waals surface area contributed by atoms with Crippen molar-refractivity contribution in [2.24, 2.45) is 5.92 Å². The first-order chi connectivity index (χ1) is 14.5. The molecule has 162 valence electrons. The Bertz CT molecular complexity index is 872. The number of likely N-dealkylation sites (tertiary alicyclic amines) is 1. The predicted molar refractivity (Wildman–Crippen MR) is 115 cm³/mol. The number of ether oxygens (including phenoxy) is 2. The maximum Gasteiger partial charge on any atom is 0.310 e. The van der Waals surface area contributed by atoms with Crippen LogP contribution >= 0.6 is 11.5 Å². The summed E-state index contributed by atoms with van der Waals surface area (Å²) in [4.78, 5) is 32.9. The highest BCUT2D eigenvalue weighted by Gasteiger charge is 2.29. The molecule has 1 unspecified atom stereocenters. The summed E-state index contributed by atoms with van der Waals surface area (Å²) in [5.41, 5.74) is 1.07. The van der Waals surface area contributed by atoms with Gasteiger partial charge in [-0.25, -0.2) is 4.98 Å². The van der Waals surface area contributed by atoms with Gasteiger partial charge in [0.05, 0.1) is 26.2 Å². The van der Waals surface area contributed by atoms with Gasteiger partial charge in [-0.1, -0.05) is 12.1 Å². The Morgan fingerprint density at radius 2 is 2.20 bits per heavy atom. The van der Waals surface area contributed by atoms with E-state index in [0.717, 1.165) is 24.2 Å². The van der Waals surface area contributed by atoms with Crippen molar-refractivity contribution < 1.29 is 19.1 Å². The number of aromatic nitrogens is 2. The second kappa shape index (κ2) is 10.4. The van der Waals surface area contributed by atoms with Gasteiger partial charge in [0.25, 0.3) is 0 Å². The molecule has 0 spiro atoms. The van der Waals surface area contributed by atoms with Crippen LogP contribution in [0, 0.1) is 5.92 Å². The normalized spacial score (nSPS) is 16.2. The minimum absolute atomic E-state index is 0.0176. The van der Waals surface area contributed by atoms with E-state index in [1.165, 1.54) is 11.5 Å². The lowest BCUT2D eigenvalue weighted by atomic mass is 9.98. The molecule has 1 atom stereocenters. The number of esters is 1. The molecule has 9 heteroatoms. The van der Waals surface area contributed by atoms with Crippen LogP contribution in [-0.4, -0.2) is 66.5 Å². The summed E-state index contributed by atoms with van der Waals surface area (Å²) in [6.45, 7) is 3.44. The number of anilines is 1. The average molecular weight is 433 g/mol. The van der Waals surface area contributed by atoms with Gasteiger partial charge in [0.2, 0.25) is 11.0 Å². The highest BCUT2D eigenvalue weighted by molar-refractivity contribution is 7.09. The predicted octanol–water partition coefficient (Wildman–Crippen LogP) is 2.38. The van der Waals surface area contributed by atoms with E-state index in [2.05, 4.69) is 9.36 Å². The van der Waals surface area contributed by atoms with E-state index in [1.54, 1.807) is 18.9 Å². The fraction of sp³-hybridized carbons (Fsp3) is 0.524. The van der Waals surface area contributed by atoms with Crippen LogP contribution in [0.15, 0.2) is 24.3 Å². The third-order valence-corrected chi connectivity index (χ3v) is 5.92. The molecule has 30 heavy (non-hydrogen) atoms. The Balaban J connectivity index is 1.56. The molecule has 0 bridgehead atoms. The largest absolute Gasteiger partial charge is 0.497 e. The lowest BCUT2D eigenvalue weighted by Crippen LogP contribution is -2.46. The van der Waals surface area contributed by atoms with Gasteiger partial charge in [0.15, 0.2) is 0 Å². The molecule has 2 aromatic rings. The number of carbonyl (C=O) groups excluding carboxylic acids is 2. The van der Waals surface area contributed by atoms with Crippen LogP contribution in [0.4, 0.5) is 5.13 Å². The third-order valence-electron chi connectivity index (χ3n) is 5.05. The van der Waals surface area contributed by atoms with Gasteiger partial charge in [0.1, 0.15) is 11.6 Å². The molecule has 1 aliphatic rings. The molecule has 1 aromatic heterocycles. The molecule has 1 fully saturated rings. The van der Waals surface area contributed by atoms with Crippen molar-refractivity contribution in [3.63, 3.8) is 0 Å². The Hall–Kier alpha value is -2.68. The molecule has 1 amide bonds. The molecule has 8 nitrogen and oxygen atoms in total. The molecule has 0 N–H and O–H groups in total. The van der Waals surface area contributed by atoms with Crippen LogP contribution in [0.25, 0.3) is 0 Å². The van der Waals surface area contributed by atoms with Crippen LogP contribution in [0.1, 0.15) is 31.2 Å². The van der Waals surface area contributed by atoms with E-state index < -0.39 is 0 Å². The van der Waals surface area contributed by atoms with Crippen molar-refractivity contribution in [2.45, 2.75) is 26.2 Å². The summed E-state index contributed by atoms with van der Waals surface area (Å²) in [7, 11) is 3.47. The number of carbonyl (C=O) groups is 2. The minimum Gasteiger partial charge on any atom is -0.497 e. The molecule has 1 saturated heterocycles. The van der Waals surface area contributed by atoms with E-state index in [1.807, 2.05) is 36.2 Å². The number of hydrogen-bond acceptors (Lipinski definition) is 8. The van der Waals surface area contributed by atoms with E-state index in [0.29, 0.717) is 37.1 Å². The van der Waals surface area contributed by atoms with Gasteiger partial charge >= 0.3 is 5.97 Å². The summed E-state index contributed by atoms with van der Waals surface area (Å²) < 4.78 is 14.8. The third kappa shape index (κ3) is 5.69. The Morgan fingerprint density at radius 3 is 2.97 bits per heavy atom. The SMILES string of the molecule is CCOC(=O)C1CCCN(C(=O)CN(C)c2nc(Cc3cccc(OC)c3)ns2)C1. The topological polar surface area (TPSA) is 84.9 Å². The van der Waals surface area contributed by atoms with Crippen LogP contribution in [0.5, 0.6) is 5.75 Å². The fourth-order valence-electron chi connectivity index (χ4n) is 3.46. The molecule has 1 aromatic carbocycles. The molecule has 0 radical (unpaired) electrons. The summed E-state index contributed by atoms with van der Waals surface area (Å²) >= 11 is 1.28. The number of likely N-dealkylation sites (N-methyl/N-ethyl adjacent to an activating group) is 1.